The third kappa shape index (κ3) is 25.8. The van der Waals surface area contributed by atoms with Crippen LogP contribution in [0.25, 0.3) is 0 Å². The molecular weight excluding hydrogens is 1140 g/mol. The van der Waals surface area contributed by atoms with Crippen molar-refractivity contribution in [3.05, 3.63) is 124 Å². The molecule has 0 spiro atoms. The van der Waals surface area contributed by atoms with Crippen molar-refractivity contribution in [2.75, 3.05) is 13.2 Å². The molecule has 0 saturated carbocycles. The minimum atomic E-state index is -2.61. The molecule has 0 fully saturated rings. The lowest BCUT2D eigenvalue weighted by Crippen LogP contribution is -2.58. The standard InChI is InChI=1S/C42H63O3P.C29H52O4.H4O5P2/c1-37(2,3)28-19-22-34(31(25-28)40(10,11)12)43-46(44-35-23-20-29(38(4,5)6)26-32(35)41(13,14)15)45-36-24-21-30(39(7,8)9)27-33(36)42(16,17)18;1-3-5-7-9-11-13-18-22-27(32)28(24-30,25-31)29(33,26-20-16-15-17-21-26)23-19-14-12-10-8-6-4-2;1-6(2)5-7(3)4/h19-27H,1-18H3;15-17,20-21,27,30-33H,3-14,18-19,22-25H2,1-2H3;1-4H. The first kappa shape index (κ1) is 79.3. The summed E-state index contributed by atoms with van der Waals surface area (Å²) in [7, 11) is -7.12. The van der Waals surface area contributed by atoms with Crippen LogP contribution >= 0.6 is 25.8 Å². The smallest absolute Gasteiger partial charge is 0.408 e. The van der Waals surface area contributed by atoms with Crippen LogP contribution in [0.4, 0.5) is 0 Å². The largest absolute Gasteiger partial charge is 0.530 e. The van der Waals surface area contributed by atoms with Crippen LogP contribution in [0.15, 0.2) is 84.9 Å². The van der Waals surface area contributed by atoms with E-state index < -0.39 is 56.1 Å². The molecule has 490 valence electrons. The van der Waals surface area contributed by atoms with Crippen molar-refractivity contribution in [3.63, 3.8) is 0 Å². The van der Waals surface area contributed by atoms with Crippen molar-refractivity contribution in [1.82, 2.24) is 0 Å². The van der Waals surface area contributed by atoms with Gasteiger partial charge >= 0.3 is 25.8 Å². The molecule has 0 aliphatic rings. The molecule has 0 radical (unpaired) electrons. The maximum absolute atomic E-state index is 12.0. The average Bonchev–Trinajstić information content (AvgIpc) is 0.817. The monoisotopic (exact) mass is 1260 g/mol. The number of rotatable bonds is 29. The Kier molecular flexibility index (Phi) is 32.9. The molecule has 4 aromatic carbocycles. The highest BCUT2D eigenvalue weighted by Crippen LogP contribution is 2.51. The van der Waals surface area contributed by atoms with E-state index in [1.54, 1.807) is 0 Å². The Morgan fingerprint density at radius 2 is 0.709 bits per heavy atom. The predicted molar refractivity (Wildman–Crippen MR) is 362 cm³/mol. The summed E-state index contributed by atoms with van der Waals surface area (Å²) in [6, 6.07) is 29.0. The van der Waals surface area contributed by atoms with Crippen LogP contribution in [-0.2, 0) is 42.4 Å². The van der Waals surface area contributed by atoms with E-state index in [0.717, 1.165) is 72.5 Å². The molecule has 12 nitrogen and oxygen atoms in total. The average molecular weight is 1260 g/mol. The van der Waals surface area contributed by atoms with Crippen LogP contribution in [0.5, 0.6) is 17.2 Å². The van der Waals surface area contributed by atoms with Gasteiger partial charge in [0.1, 0.15) is 22.8 Å². The second kappa shape index (κ2) is 35.7. The molecule has 0 aromatic heterocycles. The first-order valence-electron chi connectivity index (χ1n) is 31.7. The van der Waals surface area contributed by atoms with E-state index in [-0.39, 0.29) is 32.5 Å². The lowest BCUT2D eigenvalue weighted by Gasteiger charge is -2.48. The Bertz CT molecular complexity index is 2340. The summed E-state index contributed by atoms with van der Waals surface area (Å²) in [6.07, 6.45) is 15.7. The minimum absolute atomic E-state index is 0.0170. The fourth-order valence-corrected chi connectivity index (χ4v) is 12.0. The van der Waals surface area contributed by atoms with Gasteiger partial charge in [-0.05, 0) is 85.8 Å². The fraction of sp³-hybridized carbons (Fsp3) is 0.662. The summed E-state index contributed by atoms with van der Waals surface area (Å²) in [6.45, 7) is 43.9. The minimum Gasteiger partial charge on any atom is -0.408 e. The van der Waals surface area contributed by atoms with Gasteiger partial charge in [-0.3, -0.25) is 0 Å². The van der Waals surface area contributed by atoms with Gasteiger partial charge in [0.2, 0.25) is 0 Å². The van der Waals surface area contributed by atoms with Gasteiger partial charge in [0.25, 0.3) is 0 Å². The Morgan fingerprint density at radius 3 is 0.988 bits per heavy atom. The molecule has 0 bridgehead atoms. The van der Waals surface area contributed by atoms with Gasteiger partial charge in [0.05, 0.1) is 24.7 Å². The number of aliphatic hydroxyl groups excluding tert-OH is 3. The molecule has 0 heterocycles. The first-order chi connectivity index (χ1) is 39.7. The van der Waals surface area contributed by atoms with Crippen LogP contribution in [0.1, 0.15) is 280 Å². The molecule has 8 N–H and O–H groups in total. The molecule has 15 heteroatoms. The van der Waals surface area contributed by atoms with Gasteiger partial charge in [-0.25, -0.2) is 4.31 Å². The van der Waals surface area contributed by atoms with Crippen molar-refractivity contribution in [2.45, 2.75) is 285 Å². The highest BCUT2D eigenvalue weighted by molar-refractivity contribution is 7.53. The zero-order chi connectivity index (χ0) is 65.5. The summed E-state index contributed by atoms with van der Waals surface area (Å²) < 4.78 is 24.3. The molecule has 0 saturated heterocycles. The molecule has 2 unspecified atom stereocenters. The summed E-state index contributed by atoms with van der Waals surface area (Å²) >= 11 is 0. The van der Waals surface area contributed by atoms with Crippen LogP contribution in [-0.4, -0.2) is 59.3 Å². The number of hydrogen-bond acceptors (Lipinski definition) is 12. The molecular formula is C71H119O12P3. The zero-order valence-corrected chi connectivity index (χ0v) is 59.6. The summed E-state index contributed by atoms with van der Waals surface area (Å²) in [5, 5.41) is 44.2. The second-order valence-electron chi connectivity index (χ2n) is 29.7. The Labute approximate surface area is 526 Å². The Morgan fingerprint density at radius 1 is 0.395 bits per heavy atom. The number of benzene rings is 4. The van der Waals surface area contributed by atoms with E-state index in [0.29, 0.717) is 18.4 Å². The molecule has 86 heavy (non-hydrogen) atoms. The molecule has 4 aromatic rings. The Balaban J connectivity index is 0.000000551. The summed E-state index contributed by atoms with van der Waals surface area (Å²) in [5.74, 6) is 2.37. The summed E-state index contributed by atoms with van der Waals surface area (Å²) in [4.78, 5) is 31.3. The maximum atomic E-state index is 12.0. The van der Waals surface area contributed by atoms with Crippen LogP contribution in [0.2, 0.25) is 0 Å². The van der Waals surface area contributed by atoms with Gasteiger partial charge < -0.3 is 53.6 Å². The van der Waals surface area contributed by atoms with Crippen molar-refractivity contribution in [2.24, 2.45) is 5.41 Å². The maximum Gasteiger partial charge on any atom is 0.530 e. The van der Waals surface area contributed by atoms with Crippen LogP contribution in [0, 0.1) is 5.41 Å². The normalized spacial score (nSPS) is 13.9. The van der Waals surface area contributed by atoms with Gasteiger partial charge in [-0.15, -0.1) is 0 Å². The third-order valence-corrected chi connectivity index (χ3v) is 18.3. The lowest BCUT2D eigenvalue weighted by atomic mass is 9.62. The highest BCUT2D eigenvalue weighted by atomic mass is 31.2. The van der Waals surface area contributed by atoms with Crippen molar-refractivity contribution in [3.8, 4) is 17.2 Å². The van der Waals surface area contributed by atoms with Crippen LogP contribution in [0.3, 0.4) is 0 Å². The topological polar surface area (TPSA) is 199 Å². The molecule has 4 rings (SSSR count). The van der Waals surface area contributed by atoms with E-state index in [1.807, 2.05) is 30.3 Å². The van der Waals surface area contributed by atoms with Crippen molar-refractivity contribution < 1.29 is 57.9 Å². The van der Waals surface area contributed by atoms with E-state index in [2.05, 4.69) is 197 Å². The quantitative estimate of drug-likeness (QED) is 0.0189. The second-order valence-corrected chi connectivity index (χ2v) is 32.4. The molecule has 2 atom stereocenters. The predicted octanol–water partition coefficient (Wildman–Crippen LogP) is 19.1. The lowest BCUT2D eigenvalue weighted by molar-refractivity contribution is -0.196. The van der Waals surface area contributed by atoms with Gasteiger partial charge in [0, 0.05) is 16.7 Å². The third-order valence-electron chi connectivity index (χ3n) is 16.1. The molecule has 0 aliphatic carbocycles. The fourth-order valence-electron chi connectivity index (χ4n) is 10.5. The van der Waals surface area contributed by atoms with Crippen LogP contribution < -0.4 is 13.6 Å². The number of aliphatic hydroxyl groups is 4. The summed E-state index contributed by atoms with van der Waals surface area (Å²) in [5.41, 5.74) is 4.64. The molecule has 0 aliphatic heterocycles. The van der Waals surface area contributed by atoms with E-state index in [4.69, 9.17) is 33.1 Å². The zero-order valence-electron chi connectivity index (χ0n) is 56.9. The number of unbranched alkanes of at least 4 members (excludes halogenated alkanes) is 12. The van der Waals surface area contributed by atoms with E-state index in [9.17, 15) is 20.4 Å². The van der Waals surface area contributed by atoms with Crippen molar-refractivity contribution >= 4 is 25.8 Å². The Hall–Kier alpha value is -2.79. The van der Waals surface area contributed by atoms with Gasteiger partial charge in [-0.1, -0.05) is 295 Å². The SMILES string of the molecule is CC(C)(C)c1ccc(OP(Oc2ccc(C(C)(C)C)cc2C(C)(C)C)Oc2ccc(C(C)(C)C)cc2C(C)(C)C)c(C(C)(C)C)c1.CCCCCCCCCC(O)C(CO)(CO)C(O)(CCCCCCCCC)c1ccccc1.OP(O)OP(O)O. The van der Waals surface area contributed by atoms with Gasteiger partial charge in [0.15, 0.2) is 0 Å². The highest BCUT2D eigenvalue weighted by Gasteiger charge is 2.54. The first-order valence-corrected chi connectivity index (χ1v) is 35.2. The number of hydrogen-bond donors (Lipinski definition) is 8. The van der Waals surface area contributed by atoms with E-state index in [1.165, 1.54) is 68.1 Å². The van der Waals surface area contributed by atoms with Crippen molar-refractivity contribution in [1.29, 1.82) is 0 Å². The van der Waals surface area contributed by atoms with Gasteiger partial charge in [-0.2, -0.15) is 0 Å². The molecule has 0 amide bonds. The van der Waals surface area contributed by atoms with E-state index >= 15 is 0 Å².